The van der Waals surface area contributed by atoms with Crippen LogP contribution >= 0.6 is 0 Å². The number of nitrogens with one attached hydrogen (secondary N) is 2. The molecule has 2 N–H and O–H groups in total. The van der Waals surface area contributed by atoms with Crippen molar-refractivity contribution < 1.29 is 9.18 Å². The van der Waals surface area contributed by atoms with Gasteiger partial charge < -0.3 is 10.3 Å². The highest BCUT2D eigenvalue weighted by Gasteiger charge is 2.11. The van der Waals surface area contributed by atoms with Gasteiger partial charge in [-0.05, 0) is 54.4 Å². The number of benzene rings is 2. The number of rotatable bonds is 4. The van der Waals surface area contributed by atoms with E-state index in [2.05, 4.69) is 15.4 Å². The quantitative estimate of drug-likeness (QED) is 0.590. The fourth-order valence-corrected chi connectivity index (χ4v) is 3.01. The number of halogens is 1. The highest BCUT2D eigenvalue weighted by molar-refractivity contribution is 5.98. The molecule has 5 nitrogen and oxygen atoms in total. The molecule has 0 fully saturated rings. The first-order valence-electron chi connectivity index (χ1n) is 8.26. The lowest BCUT2D eigenvalue weighted by atomic mass is 10.1. The predicted molar refractivity (Wildman–Crippen MR) is 97.7 cm³/mol. The number of aromatic nitrogens is 3. The zero-order valence-electron chi connectivity index (χ0n) is 14.2. The minimum atomic E-state index is -0.320. The highest BCUT2D eigenvalue weighted by atomic mass is 19.1. The van der Waals surface area contributed by atoms with Gasteiger partial charge in [-0.15, -0.1) is 0 Å². The van der Waals surface area contributed by atoms with Crippen LogP contribution in [0.15, 0.2) is 60.9 Å². The van der Waals surface area contributed by atoms with Crippen LogP contribution in [0.1, 0.15) is 21.6 Å². The van der Waals surface area contributed by atoms with Crippen molar-refractivity contribution in [3.05, 3.63) is 83.6 Å². The molecule has 2 heterocycles. The van der Waals surface area contributed by atoms with E-state index in [9.17, 15) is 9.18 Å². The van der Waals surface area contributed by atoms with Gasteiger partial charge in [-0.1, -0.05) is 12.1 Å². The fraction of sp³-hybridized carbons (Fsp3) is 0.100. The predicted octanol–water partition coefficient (Wildman–Crippen LogP) is 3.73. The molecule has 1 amide bonds. The number of hydrogen-bond donors (Lipinski definition) is 2. The average molecular weight is 348 g/mol. The summed E-state index contributed by atoms with van der Waals surface area (Å²) in [6, 6.07) is 14.2. The molecule has 0 bridgehead atoms. The Bertz CT molecular complexity index is 1080. The summed E-state index contributed by atoms with van der Waals surface area (Å²) in [5, 5.41) is 7.94. The van der Waals surface area contributed by atoms with Crippen molar-refractivity contribution >= 4 is 16.8 Å². The second-order valence-electron chi connectivity index (χ2n) is 6.17. The summed E-state index contributed by atoms with van der Waals surface area (Å²) >= 11 is 0. The SMILES string of the molecule is Cc1cc(F)cc2[nH]c(C(=O)NCc3cccc(-n4cccn4)c3)cc12. The van der Waals surface area contributed by atoms with Gasteiger partial charge in [0.2, 0.25) is 0 Å². The maximum Gasteiger partial charge on any atom is 0.267 e. The standard InChI is InChI=1S/C20H17FN4O/c1-13-8-15(21)10-18-17(13)11-19(24-18)20(26)22-12-14-4-2-5-16(9-14)25-7-3-6-23-25/h2-11,24H,12H2,1H3,(H,22,26). The molecular weight excluding hydrogens is 331 g/mol. The van der Waals surface area contributed by atoms with Crippen LogP contribution in [0.4, 0.5) is 4.39 Å². The van der Waals surface area contributed by atoms with Crippen molar-refractivity contribution in [3.63, 3.8) is 0 Å². The number of aryl methyl sites for hydroxylation is 1. The molecule has 26 heavy (non-hydrogen) atoms. The van der Waals surface area contributed by atoms with Crippen LogP contribution < -0.4 is 5.32 Å². The van der Waals surface area contributed by atoms with Crippen LogP contribution in [0, 0.1) is 12.7 Å². The molecule has 2 aromatic carbocycles. The van der Waals surface area contributed by atoms with E-state index in [4.69, 9.17) is 0 Å². The van der Waals surface area contributed by atoms with Crippen molar-refractivity contribution in [1.29, 1.82) is 0 Å². The number of fused-ring (bicyclic) bond motifs is 1. The number of H-pyrrole nitrogens is 1. The second-order valence-corrected chi connectivity index (χ2v) is 6.17. The maximum atomic E-state index is 13.5. The van der Waals surface area contributed by atoms with Gasteiger partial charge in [0.1, 0.15) is 11.5 Å². The van der Waals surface area contributed by atoms with E-state index in [0.717, 1.165) is 22.2 Å². The molecule has 0 unspecified atom stereocenters. The zero-order valence-corrected chi connectivity index (χ0v) is 14.2. The minimum absolute atomic E-state index is 0.231. The van der Waals surface area contributed by atoms with Crippen molar-refractivity contribution in [2.75, 3.05) is 0 Å². The monoisotopic (exact) mass is 348 g/mol. The molecule has 0 aliphatic rings. The molecule has 0 saturated carbocycles. The number of amides is 1. The van der Waals surface area contributed by atoms with Gasteiger partial charge in [0.25, 0.3) is 5.91 Å². The van der Waals surface area contributed by atoms with Crippen molar-refractivity contribution in [3.8, 4) is 5.69 Å². The molecular formula is C20H17FN4O. The van der Waals surface area contributed by atoms with Gasteiger partial charge in [-0.2, -0.15) is 5.10 Å². The van der Waals surface area contributed by atoms with E-state index >= 15 is 0 Å². The van der Waals surface area contributed by atoms with Crippen LogP contribution in [0.5, 0.6) is 0 Å². The second kappa shape index (κ2) is 6.48. The molecule has 0 aliphatic carbocycles. The van der Waals surface area contributed by atoms with Gasteiger partial charge in [0.05, 0.1) is 5.69 Å². The largest absolute Gasteiger partial charge is 0.350 e. The number of hydrogen-bond acceptors (Lipinski definition) is 2. The first kappa shape index (κ1) is 16.1. The van der Waals surface area contributed by atoms with Crippen LogP contribution in [0.2, 0.25) is 0 Å². The summed E-state index contributed by atoms with van der Waals surface area (Å²) in [7, 11) is 0. The van der Waals surface area contributed by atoms with E-state index in [0.29, 0.717) is 17.8 Å². The van der Waals surface area contributed by atoms with Gasteiger partial charge in [-0.3, -0.25) is 4.79 Å². The smallest absolute Gasteiger partial charge is 0.267 e. The Balaban J connectivity index is 1.51. The molecule has 6 heteroatoms. The van der Waals surface area contributed by atoms with E-state index < -0.39 is 0 Å². The molecule has 0 aliphatic heterocycles. The third-order valence-corrected chi connectivity index (χ3v) is 4.29. The van der Waals surface area contributed by atoms with Crippen LogP contribution in [0.25, 0.3) is 16.6 Å². The number of nitrogens with zero attached hydrogens (tertiary/aromatic N) is 2. The molecule has 0 saturated heterocycles. The topological polar surface area (TPSA) is 62.7 Å². The van der Waals surface area contributed by atoms with Crippen molar-refractivity contribution in [2.45, 2.75) is 13.5 Å². The first-order chi connectivity index (χ1) is 12.6. The molecule has 130 valence electrons. The van der Waals surface area contributed by atoms with E-state index in [1.165, 1.54) is 12.1 Å². The van der Waals surface area contributed by atoms with Gasteiger partial charge >= 0.3 is 0 Å². The number of carbonyl (C=O) groups is 1. The number of carbonyl (C=O) groups excluding carboxylic acids is 1. The lowest BCUT2D eigenvalue weighted by Crippen LogP contribution is -2.23. The Labute approximate surface area is 149 Å². The van der Waals surface area contributed by atoms with Crippen molar-refractivity contribution in [2.24, 2.45) is 0 Å². The maximum absolute atomic E-state index is 13.5. The molecule has 0 atom stereocenters. The van der Waals surface area contributed by atoms with E-state index in [1.54, 1.807) is 16.9 Å². The Morgan fingerprint density at radius 1 is 1.23 bits per heavy atom. The number of aromatic amines is 1. The van der Waals surface area contributed by atoms with E-state index in [1.807, 2.05) is 43.5 Å². The minimum Gasteiger partial charge on any atom is -0.350 e. The Kier molecular flexibility index (Phi) is 4.01. The van der Waals surface area contributed by atoms with Crippen LogP contribution in [-0.2, 0) is 6.54 Å². The summed E-state index contributed by atoms with van der Waals surface area (Å²) in [6.07, 6.45) is 3.58. The summed E-state index contributed by atoms with van der Waals surface area (Å²) < 4.78 is 15.3. The molecule has 0 radical (unpaired) electrons. The Hall–Kier alpha value is -3.41. The van der Waals surface area contributed by atoms with Gasteiger partial charge in [-0.25, -0.2) is 9.07 Å². The summed E-state index contributed by atoms with van der Waals surface area (Å²) in [5.74, 6) is -0.551. The summed E-state index contributed by atoms with van der Waals surface area (Å²) in [4.78, 5) is 15.4. The lowest BCUT2D eigenvalue weighted by molar-refractivity contribution is 0.0946. The van der Waals surface area contributed by atoms with E-state index in [-0.39, 0.29) is 11.7 Å². The summed E-state index contributed by atoms with van der Waals surface area (Å²) in [6.45, 7) is 2.21. The fourth-order valence-electron chi connectivity index (χ4n) is 3.01. The average Bonchev–Trinajstić information content (AvgIpc) is 3.29. The first-order valence-corrected chi connectivity index (χ1v) is 8.26. The van der Waals surface area contributed by atoms with Gasteiger partial charge in [0.15, 0.2) is 0 Å². The Morgan fingerprint density at radius 3 is 2.92 bits per heavy atom. The Morgan fingerprint density at radius 2 is 2.12 bits per heavy atom. The van der Waals surface area contributed by atoms with Crippen LogP contribution in [-0.4, -0.2) is 20.7 Å². The molecule has 4 rings (SSSR count). The third kappa shape index (κ3) is 3.09. The highest BCUT2D eigenvalue weighted by Crippen LogP contribution is 2.21. The van der Waals surface area contributed by atoms with Gasteiger partial charge in [0, 0.05) is 29.8 Å². The molecule has 0 spiro atoms. The lowest BCUT2D eigenvalue weighted by Gasteiger charge is -2.07. The van der Waals surface area contributed by atoms with Crippen molar-refractivity contribution in [1.82, 2.24) is 20.1 Å². The summed E-state index contributed by atoms with van der Waals surface area (Å²) in [5.41, 5.74) is 3.72. The molecule has 2 aromatic heterocycles. The normalized spacial score (nSPS) is 11.0. The van der Waals surface area contributed by atoms with Crippen LogP contribution in [0.3, 0.4) is 0 Å². The zero-order chi connectivity index (χ0) is 18.1. The molecule has 4 aromatic rings. The third-order valence-electron chi connectivity index (χ3n) is 4.29.